The molecule has 0 saturated heterocycles. The number of nitriles is 1. The van der Waals surface area contributed by atoms with Crippen molar-refractivity contribution in [2.45, 2.75) is 32.7 Å². The van der Waals surface area contributed by atoms with Crippen molar-refractivity contribution in [2.24, 2.45) is 0 Å². The Hall–Kier alpha value is -2.59. The molecule has 134 valence electrons. The van der Waals surface area contributed by atoms with E-state index in [4.69, 9.17) is 9.84 Å². The number of benzene rings is 1. The first-order valence-electron chi connectivity index (χ1n) is 8.42. The van der Waals surface area contributed by atoms with E-state index in [0.29, 0.717) is 24.1 Å². The van der Waals surface area contributed by atoms with Gasteiger partial charge in [0.1, 0.15) is 6.07 Å². The molecule has 1 amide bonds. The Balaban J connectivity index is 2.22. The summed E-state index contributed by atoms with van der Waals surface area (Å²) < 4.78 is 4.79. The molecule has 1 aliphatic heterocycles. The minimum Gasteiger partial charge on any atom is -0.450 e. The first-order chi connectivity index (χ1) is 12.0. The van der Waals surface area contributed by atoms with Gasteiger partial charge in [-0.25, -0.2) is 4.79 Å². The maximum Gasteiger partial charge on any atom is 0.407 e. The molecule has 25 heavy (non-hydrogen) atoms. The third-order valence-electron chi connectivity index (χ3n) is 4.15. The van der Waals surface area contributed by atoms with Crippen molar-refractivity contribution >= 4 is 17.6 Å². The van der Waals surface area contributed by atoms with E-state index >= 15 is 0 Å². The highest BCUT2D eigenvalue weighted by molar-refractivity contribution is 6.02. The molecule has 7 heteroatoms. The Morgan fingerprint density at radius 1 is 1.48 bits per heavy atom. The molecule has 0 spiro atoms. The van der Waals surface area contributed by atoms with Gasteiger partial charge in [0.25, 0.3) is 0 Å². The number of Topliss-reactive ketones (excluding diaryl/α,β-unsaturated/α-hetero) is 1. The number of ether oxygens (including phenoxy) is 1. The first-order valence-corrected chi connectivity index (χ1v) is 8.42. The third-order valence-corrected chi connectivity index (χ3v) is 4.15. The fourth-order valence-electron chi connectivity index (χ4n) is 3.00. The normalized spacial score (nSPS) is 13.8. The summed E-state index contributed by atoms with van der Waals surface area (Å²) in [6.45, 7) is 5.04. The van der Waals surface area contributed by atoms with Crippen LogP contribution in [0.5, 0.6) is 0 Å². The summed E-state index contributed by atoms with van der Waals surface area (Å²) in [6, 6.07) is 4.78. The Labute approximate surface area is 147 Å². The number of aliphatic hydroxyl groups is 1. The van der Waals surface area contributed by atoms with Crippen molar-refractivity contribution in [3.8, 4) is 6.07 Å². The Kier molecular flexibility index (Phi) is 6.37. The molecule has 7 nitrogen and oxygen atoms in total. The zero-order chi connectivity index (χ0) is 18.4. The number of carbonyl (C=O) groups is 2. The summed E-state index contributed by atoms with van der Waals surface area (Å²) in [5.41, 5.74) is 2.64. The predicted octanol–water partition coefficient (Wildman–Crippen LogP) is 1.62. The van der Waals surface area contributed by atoms with Crippen LogP contribution in [0.3, 0.4) is 0 Å². The lowest BCUT2D eigenvalue weighted by atomic mass is 9.98. The van der Waals surface area contributed by atoms with E-state index in [1.165, 1.54) is 0 Å². The topological polar surface area (TPSA) is 103 Å². The molecule has 1 heterocycles. The number of nitrogens with one attached hydrogen (secondary N) is 1. The van der Waals surface area contributed by atoms with Crippen LogP contribution in [-0.4, -0.2) is 49.3 Å². The molecule has 0 aromatic heterocycles. The highest BCUT2D eigenvalue weighted by Gasteiger charge is 2.26. The van der Waals surface area contributed by atoms with Gasteiger partial charge in [0.15, 0.2) is 5.78 Å². The zero-order valence-corrected chi connectivity index (χ0v) is 14.5. The molecular formula is C18H23N3O4. The molecule has 0 saturated carbocycles. The summed E-state index contributed by atoms with van der Waals surface area (Å²) >= 11 is 0. The zero-order valence-electron chi connectivity index (χ0n) is 14.5. The number of amides is 1. The molecule has 0 bridgehead atoms. The molecule has 1 unspecified atom stereocenters. The standard InChI is InChI=1S/C18H23N3O4/c1-3-25-18(24)20-12(2)17(23)14-9-13-5-7-21(6-4-8-22)16(13)15(10-14)11-19/h9-10,12,22H,3-8H2,1-2H3,(H,20,24). The number of aliphatic hydroxyl groups excluding tert-OH is 1. The maximum atomic E-state index is 12.6. The Morgan fingerprint density at radius 2 is 2.24 bits per heavy atom. The van der Waals surface area contributed by atoms with Crippen molar-refractivity contribution < 1.29 is 19.4 Å². The van der Waals surface area contributed by atoms with Gasteiger partial charge in [-0.2, -0.15) is 5.26 Å². The molecular weight excluding hydrogens is 322 g/mol. The Bertz CT molecular complexity index is 696. The second-order valence-electron chi connectivity index (χ2n) is 5.91. The van der Waals surface area contributed by atoms with Gasteiger partial charge in [0, 0.05) is 25.3 Å². The SMILES string of the molecule is CCOC(=O)NC(C)C(=O)c1cc(C#N)c2c(c1)CCN2CCCO. The molecule has 1 atom stereocenters. The number of carbonyl (C=O) groups excluding carboxylic acids is 2. The van der Waals surface area contributed by atoms with Crippen molar-refractivity contribution in [3.63, 3.8) is 0 Å². The second kappa shape index (κ2) is 8.49. The van der Waals surface area contributed by atoms with Crippen LogP contribution in [-0.2, 0) is 11.2 Å². The number of rotatable bonds is 7. The van der Waals surface area contributed by atoms with Crippen LogP contribution in [0, 0.1) is 11.3 Å². The van der Waals surface area contributed by atoms with Gasteiger partial charge in [0.05, 0.1) is 23.9 Å². The molecule has 1 aromatic rings. The smallest absolute Gasteiger partial charge is 0.407 e. The molecule has 1 aromatic carbocycles. The third kappa shape index (κ3) is 4.28. The van der Waals surface area contributed by atoms with Gasteiger partial charge >= 0.3 is 6.09 Å². The number of hydrogen-bond acceptors (Lipinski definition) is 6. The lowest BCUT2D eigenvalue weighted by Gasteiger charge is -2.20. The van der Waals surface area contributed by atoms with Gasteiger partial charge in [-0.15, -0.1) is 0 Å². The molecule has 1 aliphatic rings. The monoisotopic (exact) mass is 345 g/mol. The van der Waals surface area contributed by atoms with Crippen molar-refractivity contribution in [1.29, 1.82) is 5.26 Å². The summed E-state index contributed by atoms with van der Waals surface area (Å²) in [7, 11) is 0. The molecule has 0 aliphatic carbocycles. The molecule has 2 N–H and O–H groups in total. The first kappa shape index (κ1) is 18.7. The van der Waals surface area contributed by atoms with Gasteiger partial charge < -0.3 is 20.1 Å². The van der Waals surface area contributed by atoms with Crippen molar-refractivity contribution in [1.82, 2.24) is 5.32 Å². The van der Waals surface area contributed by atoms with Crippen LogP contribution in [0.2, 0.25) is 0 Å². The van der Waals surface area contributed by atoms with Crippen LogP contribution in [0.1, 0.15) is 41.8 Å². The number of anilines is 1. The van der Waals surface area contributed by atoms with E-state index < -0.39 is 12.1 Å². The van der Waals surface area contributed by atoms with Crippen LogP contribution in [0.25, 0.3) is 0 Å². The predicted molar refractivity (Wildman–Crippen MR) is 92.7 cm³/mol. The second-order valence-corrected chi connectivity index (χ2v) is 5.91. The molecule has 0 radical (unpaired) electrons. The van der Waals surface area contributed by atoms with E-state index in [2.05, 4.69) is 16.3 Å². The van der Waals surface area contributed by atoms with Crippen LogP contribution in [0.15, 0.2) is 12.1 Å². The lowest BCUT2D eigenvalue weighted by molar-refractivity contribution is 0.0933. The summed E-state index contributed by atoms with van der Waals surface area (Å²) in [5.74, 6) is -0.263. The van der Waals surface area contributed by atoms with Crippen LogP contribution in [0.4, 0.5) is 10.5 Å². The lowest BCUT2D eigenvalue weighted by Crippen LogP contribution is -2.39. The largest absolute Gasteiger partial charge is 0.450 e. The van der Waals surface area contributed by atoms with E-state index in [-0.39, 0.29) is 19.0 Å². The maximum absolute atomic E-state index is 12.6. The summed E-state index contributed by atoms with van der Waals surface area (Å²) in [4.78, 5) is 26.1. The van der Waals surface area contributed by atoms with Gasteiger partial charge in [-0.05, 0) is 44.4 Å². The summed E-state index contributed by atoms with van der Waals surface area (Å²) in [5, 5.41) is 21.0. The highest BCUT2D eigenvalue weighted by atomic mass is 16.5. The number of hydrogen-bond donors (Lipinski definition) is 2. The van der Waals surface area contributed by atoms with E-state index in [9.17, 15) is 14.9 Å². The van der Waals surface area contributed by atoms with Crippen LogP contribution < -0.4 is 10.2 Å². The molecule has 0 fully saturated rings. The molecule has 2 rings (SSSR count). The number of ketones is 1. The van der Waals surface area contributed by atoms with Crippen molar-refractivity contribution in [3.05, 3.63) is 28.8 Å². The number of alkyl carbamates (subject to hydrolysis) is 1. The fourth-order valence-corrected chi connectivity index (χ4v) is 3.00. The fraction of sp³-hybridized carbons (Fsp3) is 0.500. The van der Waals surface area contributed by atoms with Gasteiger partial charge in [-0.1, -0.05) is 0 Å². The van der Waals surface area contributed by atoms with Crippen molar-refractivity contribution in [2.75, 3.05) is 31.2 Å². The minimum absolute atomic E-state index is 0.0985. The Morgan fingerprint density at radius 3 is 2.88 bits per heavy atom. The van der Waals surface area contributed by atoms with Gasteiger partial charge in [0.2, 0.25) is 0 Å². The highest BCUT2D eigenvalue weighted by Crippen LogP contribution is 2.33. The average Bonchev–Trinajstić information content (AvgIpc) is 3.01. The summed E-state index contributed by atoms with van der Waals surface area (Å²) in [6.07, 6.45) is 0.738. The van der Waals surface area contributed by atoms with E-state index in [1.54, 1.807) is 26.0 Å². The van der Waals surface area contributed by atoms with E-state index in [0.717, 1.165) is 24.2 Å². The quantitative estimate of drug-likeness (QED) is 0.728. The van der Waals surface area contributed by atoms with Crippen LogP contribution >= 0.6 is 0 Å². The van der Waals surface area contributed by atoms with Gasteiger partial charge in [-0.3, -0.25) is 4.79 Å². The number of fused-ring (bicyclic) bond motifs is 1. The average molecular weight is 345 g/mol. The number of nitrogens with zero attached hydrogens (tertiary/aromatic N) is 2. The van der Waals surface area contributed by atoms with E-state index in [1.807, 2.05) is 0 Å². The minimum atomic E-state index is -0.740.